The predicted molar refractivity (Wildman–Crippen MR) is 55.4 cm³/mol. The van der Waals surface area contributed by atoms with E-state index in [1.165, 1.54) is 6.07 Å². The summed E-state index contributed by atoms with van der Waals surface area (Å²) in [5.74, 6) is 3.04. The van der Waals surface area contributed by atoms with Crippen molar-refractivity contribution in [1.82, 2.24) is 0 Å². The Bertz CT molecular complexity index is 325. The third-order valence-corrected chi connectivity index (χ3v) is 2.77. The molecule has 0 heterocycles. The molecule has 0 aliphatic heterocycles. The first-order valence-electron chi connectivity index (χ1n) is 4.17. The van der Waals surface area contributed by atoms with Crippen molar-refractivity contribution in [3.8, 4) is 12.3 Å². The van der Waals surface area contributed by atoms with Crippen LogP contribution in [-0.4, -0.2) is 5.75 Å². The van der Waals surface area contributed by atoms with E-state index in [2.05, 4.69) is 12.8 Å². The number of rotatable bonds is 3. The van der Waals surface area contributed by atoms with Gasteiger partial charge in [0, 0.05) is 4.90 Å². The van der Waals surface area contributed by atoms with E-state index in [-0.39, 0.29) is 5.82 Å². The van der Waals surface area contributed by atoms with Crippen molar-refractivity contribution in [3.63, 3.8) is 0 Å². The molecule has 0 saturated carbocycles. The third kappa shape index (κ3) is 2.78. The van der Waals surface area contributed by atoms with Gasteiger partial charge in [-0.05, 0) is 30.4 Å². The summed E-state index contributed by atoms with van der Waals surface area (Å²) in [6.45, 7) is 2.11. The number of hydrogen-bond donors (Lipinski definition) is 0. The Kier molecular flexibility index (Phi) is 3.85. The largest absolute Gasteiger partial charge is 0.206 e. The minimum atomic E-state index is -0.316. The Morgan fingerprint density at radius 1 is 1.54 bits per heavy atom. The second kappa shape index (κ2) is 4.94. The van der Waals surface area contributed by atoms with Gasteiger partial charge in [0.15, 0.2) is 0 Å². The van der Waals surface area contributed by atoms with Crippen molar-refractivity contribution in [2.24, 2.45) is 0 Å². The summed E-state index contributed by atoms with van der Waals surface area (Å²) in [6.07, 6.45) is 6.25. The first-order valence-corrected chi connectivity index (χ1v) is 5.15. The van der Waals surface area contributed by atoms with Crippen LogP contribution in [-0.2, 0) is 0 Å². The molecule has 68 valence electrons. The Morgan fingerprint density at radius 3 is 2.92 bits per heavy atom. The van der Waals surface area contributed by atoms with Crippen LogP contribution in [0.25, 0.3) is 0 Å². The highest BCUT2D eigenvalue weighted by Crippen LogP contribution is 2.21. The Balaban J connectivity index is 2.82. The Hall–Kier alpha value is -0.940. The molecule has 0 aliphatic carbocycles. The smallest absolute Gasteiger partial charge is 0.138 e. The zero-order valence-corrected chi connectivity index (χ0v) is 8.33. The lowest BCUT2D eigenvalue weighted by molar-refractivity contribution is 0.623. The molecule has 0 atom stereocenters. The first-order chi connectivity index (χ1) is 6.27. The van der Waals surface area contributed by atoms with Crippen molar-refractivity contribution >= 4 is 11.8 Å². The van der Waals surface area contributed by atoms with Crippen molar-refractivity contribution in [2.75, 3.05) is 5.75 Å². The van der Waals surface area contributed by atoms with Crippen LogP contribution in [0.4, 0.5) is 4.39 Å². The molecule has 0 bridgehead atoms. The highest BCUT2D eigenvalue weighted by atomic mass is 32.2. The molecule has 2 heteroatoms. The molecule has 0 aromatic heterocycles. The molecule has 0 nitrogen and oxygen atoms in total. The van der Waals surface area contributed by atoms with E-state index in [1.807, 2.05) is 0 Å². The molecule has 0 N–H and O–H groups in total. The summed E-state index contributed by atoms with van der Waals surface area (Å²) in [6, 6.07) is 4.90. The van der Waals surface area contributed by atoms with Gasteiger partial charge in [-0.2, -0.15) is 0 Å². The van der Waals surface area contributed by atoms with Gasteiger partial charge in [-0.1, -0.05) is 12.8 Å². The van der Waals surface area contributed by atoms with Crippen LogP contribution >= 0.6 is 11.8 Å². The van der Waals surface area contributed by atoms with Gasteiger partial charge in [0.2, 0.25) is 0 Å². The molecule has 0 amide bonds. The molecular weight excluding hydrogens is 183 g/mol. The second-order valence-electron chi connectivity index (χ2n) is 2.63. The van der Waals surface area contributed by atoms with Gasteiger partial charge in [-0.25, -0.2) is 4.39 Å². The van der Waals surface area contributed by atoms with Gasteiger partial charge in [-0.3, -0.25) is 0 Å². The average Bonchev–Trinajstić information content (AvgIpc) is 2.16. The SMILES string of the molecule is C#Cc1cc(SCCC)ccc1F. The maximum atomic E-state index is 12.9. The molecular formula is C11H11FS. The first kappa shape index (κ1) is 10.1. The van der Waals surface area contributed by atoms with Gasteiger partial charge in [0.05, 0.1) is 5.56 Å². The van der Waals surface area contributed by atoms with E-state index in [4.69, 9.17) is 6.42 Å². The lowest BCUT2D eigenvalue weighted by Gasteiger charge is -2.00. The lowest BCUT2D eigenvalue weighted by Crippen LogP contribution is -1.84. The minimum Gasteiger partial charge on any atom is -0.206 e. The van der Waals surface area contributed by atoms with E-state index in [9.17, 15) is 4.39 Å². The van der Waals surface area contributed by atoms with Gasteiger partial charge in [0.1, 0.15) is 5.82 Å². The van der Waals surface area contributed by atoms with Gasteiger partial charge < -0.3 is 0 Å². The summed E-state index contributed by atoms with van der Waals surface area (Å²) in [5.41, 5.74) is 0.348. The maximum Gasteiger partial charge on any atom is 0.138 e. The molecule has 0 spiro atoms. The van der Waals surface area contributed by atoms with Crippen LogP contribution in [0.2, 0.25) is 0 Å². The van der Waals surface area contributed by atoms with Crippen LogP contribution in [0, 0.1) is 18.2 Å². The quantitative estimate of drug-likeness (QED) is 0.525. The molecule has 0 saturated heterocycles. The standard InChI is InChI=1S/C11H11FS/c1-3-7-13-10-5-6-11(12)9(4-2)8-10/h2,5-6,8H,3,7H2,1H3. The summed E-state index contributed by atoms with van der Waals surface area (Å²) < 4.78 is 12.9. The average molecular weight is 194 g/mol. The zero-order valence-electron chi connectivity index (χ0n) is 7.51. The van der Waals surface area contributed by atoms with Crippen molar-refractivity contribution < 1.29 is 4.39 Å². The fraction of sp³-hybridized carbons (Fsp3) is 0.273. The zero-order chi connectivity index (χ0) is 9.68. The number of hydrogen-bond acceptors (Lipinski definition) is 1. The Labute approximate surface area is 82.5 Å². The fourth-order valence-corrected chi connectivity index (χ4v) is 1.73. The van der Waals surface area contributed by atoms with E-state index in [1.54, 1.807) is 23.9 Å². The number of thioether (sulfide) groups is 1. The van der Waals surface area contributed by atoms with Gasteiger partial charge in [-0.15, -0.1) is 18.2 Å². The van der Waals surface area contributed by atoms with Crippen molar-refractivity contribution in [3.05, 3.63) is 29.6 Å². The highest BCUT2D eigenvalue weighted by Gasteiger charge is 2.00. The van der Waals surface area contributed by atoms with Crippen molar-refractivity contribution in [1.29, 1.82) is 0 Å². The maximum absolute atomic E-state index is 12.9. The summed E-state index contributed by atoms with van der Waals surface area (Å²) >= 11 is 1.70. The number of halogens is 1. The summed E-state index contributed by atoms with van der Waals surface area (Å²) in [7, 11) is 0. The van der Waals surface area contributed by atoms with Crippen LogP contribution in [0.15, 0.2) is 23.1 Å². The molecule has 0 fully saturated rings. The molecule has 0 unspecified atom stereocenters. The normalized spacial score (nSPS) is 9.62. The second-order valence-corrected chi connectivity index (χ2v) is 3.80. The minimum absolute atomic E-state index is 0.316. The Morgan fingerprint density at radius 2 is 2.31 bits per heavy atom. The molecule has 13 heavy (non-hydrogen) atoms. The van der Waals surface area contributed by atoms with E-state index in [0.29, 0.717) is 5.56 Å². The summed E-state index contributed by atoms with van der Waals surface area (Å²) in [4.78, 5) is 1.04. The third-order valence-electron chi connectivity index (χ3n) is 1.57. The summed E-state index contributed by atoms with van der Waals surface area (Å²) in [5, 5.41) is 0. The van der Waals surface area contributed by atoms with Gasteiger partial charge in [0.25, 0.3) is 0 Å². The lowest BCUT2D eigenvalue weighted by atomic mass is 10.2. The van der Waals surface area contributed by atoms with E-state index < -0.39 is 0 Å². The number of benzene rings is 1. The van der Waals surface area contributed by atoms with E-state index in [0.717, 1.165) is 17.1 Å². The monoisotopic (exact) mass is 194 g/mol. The van der Waals surface area contributed by atoms with Crippen LogP contribution in [0.1, 0.15) is 18.9 Å². The van der Waals surface area contributed by atoms with Gasteiger partial charge >= 0.3 is 0 Å². The van der Waals surface area contributed by atoms with Crippen LogP contribution in [0.5, 0.6) is 0 Å². The van der Waals surface area contributed by atoms with Crippen LogP contribution < -0.4 is 0 Å². The topological polar surface area (TPSA) is 0 Å². The highest BCUT2D eigenvalue weighted by molar-refractivity contribution is 7.99. The molecule has 0 radical (unpaired) electrons. The fourth-order valence-electron chi connectivity index (χ4n) is 0.925. The predicted octanol–water partition coefficient (Wildman–Crippen LogP) is 3.31. The van der Waals surface area contributed by atoms with Crippen LogP contribution in [0.3, 0.4) is 0 Å². The van der Waals surface area contributed by atoms with Crippen molar-refractivity contribution in [2.45, 2.75) is 18.2 Å². The number of terminal acetylenes is 1. The van der Waals surface area contributed by atoms with E-state index >= 15 is 0 Å². The molecule has 1 rings (SSSR count). The molecule has 1 aromatic rings. The molecule has 1 aromatic carbocycles. The molecule has 0 aliphatic rings.